The monoisotopic (exact) mass is 630 g/mol. The number of ether oxygens (including phenoxy) is 2. The zero-order valence-corrected chi connectivity index (χ0v) is 27.9. The number of alkyl carbamates (subject to hydrolysis) is 1. The Morgan fingerprint density at radius 2 is 1.57 bits per heavy atom. The number of carbonyl (C=O) groups is 5. The van der Waals surface area contributed by atoms with E-state index in [4.69, 9.17) is 9.47 Å². The quantitative estimate of drug-likeness (QED) is 0.263. The van der Waals surface area contributed by atoms with Crippen LogP contribution >= 0.6 is 11.8 Å². The second-order valence-electron chi connectivity index (χ2n) is 13.6. The van der Waals surface area contributed by atoms with Gasteiger partial charge < -0.3 is 25.4 Å². The van der Waals surface area contributed by atoms with Gasteiger partial charge in [-0.15, -0.1) is 11.8 Å². The Hall–Kier alpha value is -3.54. The predicted molar refractivity (Wildman–Crippen MR) is 168 cm³/mol. The molecule has 44 heavy (non-hydrogen) atoms. The Morgan fingerprint density at radius 3 is 2.14 bits per heavy atom. The van der Waals surface area contributed by atoms with Crippen LogP contribution in [0.15, 0.2) is 41.6 Å². The van der Waals surface area contributed by atoms with E-state index in [1.807, 2.05) is 44.2 Å². The van der Waals surface area contributed by atoms with Crippen LogP contribution in [-0.4, -0.2) is 75.1 Å². The summed E-state index contributed by atoms with van der Waals surface area (Å²) < 4.78 is 10.9. The highest BCUT2D eigenvalue weighted by Crippen LogP contribution is 2.40. The first kappa shape index (κ1) is 34.9. The molecule has 0 aliphatic carbocycles. The zero-order chi connectivity index (χ0) is 33.0. The number of fused-ring (bicyclic) bond motifs is 1. The lowest BCUT2D eigenvalue weighted by molar-refractivity contribution is -0.159. The summed E-state index contributed by atoms with van der Waals surface area (Å²) in [6.07, 6.45) is -0.200. The fraction of sp³-hybridized carbons (Fsp3) is 0.594. The number of hydrogen-bond acceptors (Lipinski definition) is 8. The standard InChI is InChI=1S/C32H46N4O7S/c1-18(2)15-22(29(40)42-31(4,5)6)33-26(38)24-19(3)17-44-28-23(27(39)36(24)28)35-25(37)21(16-20-13-11-10-12-14-20)34-30(41)43-32(7,8)9/h10-14,18,21-23,28H,15-17H2,1-9H3,(H,33,38)(H,34,41)(H,35,37)/t21?,22-,23+,28+/m0/s1. The van der Waals surface area contributed by atoms with Crippen LogP contribution in [0, 0.1) is 5.92 Å². The predicted octanol–water partition coefficient (Wildman–Crippen LogP) is 3.67. The number of β-lactam (4-membered cyclic amide) rings is 1. The number of nitrogens with zero attached hydrogens (tertiary/aromatic N) is 1. The molecule has 4 amide bonds. The molecule has 0 saturated carbocycles. The molecule has 0 bridgehead atoms. The van der Waals surface area contributed by atoms with Crippen LogP contribution in [0.1, 0.15) is 74.3 Å². The third kappa shape index (κ3) is 9.48. The third-order valence-electron chi connectivity index (χ3n) is 6.67. The van der Waals surface area contributed by atoms with E-state index < -0.39 is 64.5 Å². The molecule has 3 rings (SSSR count). The summed E-state index contributed by atoms with van der Waals surface area (Å²) in [5.74, 6) is -1.53. The summed E-state index contributed by atoms with van der Waals surface area (Å²) in [7, 11) is 0. The summed E-state index contributed by atoms with van der Waals surface area (Å²) >= 11 is 1.43. The van der Waals surface area contributed by atoms with Crippen LogP contribution in [0.3, 0.4) is 0 Å². The molecule has 1 saturated heterocycles. The molecule has 2 heterocycles. The lowest BCUT2D eigenvalue weighted by atomic mass is 10.00. The Morgan fingerprint density at radius 1 is 0.955 bits per heavy atom. The Bertz CT molecular complexity index is 1280. The molecule has 12 heteroatoms. The molecule has 3 N–H and O–H groups in total. The molecular formula is C32H46N4O7S. The van der Waals surface area contributed by atoms with Crippen molar-refractivity contribution in [2.24, 2.45) is 5.92 Å². The molecule has 1 aromatic carbocycles. The maximum Gasteiger partial charge on any atom is 0.408 e. The summed E-state index contributed by atoms with van der Waals surface area (Å²) in [6.45, 7) is 16.1. The normalized spacial score (nSPS) is 19.8. The molecule has 0 spiro atoms. The number of amides is 4. The molecule has 1 aromatic rings. The summed E-state index contributed by atoms with van der Waals surface area (Å²) in [6, 6.07) is 6.40. The van der Waals surface area contributed by atoms with Crippen molar-refractivity contribution in [3.8, 4) is 0 Å². The first-order valence-electron chi connectivity index (χ1n) is 14.9. The van der Waals surface area contributed by atoms with Gasteiger partial charge in [-0.1, -0.05) is 44.2 Å². The topological polar surface area (TPSA) is 143 Å². The van der Waals surface area contributed by atoms with Crippen molar-refractivity contribution in [2.75, 3.05) is 5.75 Å². The fourth-order valence-corrected chi connectivity index (χ4v) is 6.13. The highest BCUT2D eigenvalue weighted by Gasteiger charge is 2.54. The number of benzene rings is 1. The summed E-state index contributed by atoms with van der Waals surface area (Å²) in [4.78, 5) is 67.4. The Labute approximate surface area is 264 Å². The van der Waals surface area contributed by atoms with Crippen molar-refractivity contribution >= 4 is 41.5 Å². The van der Waals surface area contributed by atoms with E-state index in [1.165, 1.54) is 16.7 Å². The van der Waals surface area contributed by atoms with E-state index in [1.54, 1.807) is 48.5 Å². The van der Waals surface area contributed by atoms with E-state index in [-0.39, 0.29) is 18.0 Å². The lowest BCUT2D eigenvalue weighted by Crippen LogP contribution is -2.72. The maximum absolute atomic E-state index is 13.6. The van der Waals surface area contributed by atoms with Gasteiger partial charge in [0.05, 0.1) is 0 Å². The van der Waals surface area contributed by atoms with Crippen molar-refractivity contribution < 1.29 is 33.4 Å². The van der Waals surface area contributed by atoms with Crippen LogP contribution in [0.2, 0.25) is 0 Å². The number of esters is 1. The SMILES string of the molecule is CC1=C(C(=O)N[C@@H](CC(C)C)C(=O)OC(C)(C)C)N2C(=O)[C@@H](NC(=O)C(Cc3ccccc3)NC(=O)OC(C)(C)C)[C@H]2SC1. The Kier molecular flexibility index (Phi) is 11.2. The van der Waals surface area contributed by atoms with Crippen LogP contribution in [-0.2, 0) is 35.1 Å². The number of nitrogens with one attached hydrogen (secondary N) is 3. The van der Waals surface area contributed by atoms with Crippen LogP contribution in [0.5, 0.6) is 0 Å². The van der Waals surface area contributed by atoms with Gasteiger partial charge in [-0.3, -0.25) is 19.3 Å². The van der Waals surface area contributed by atoms with Crippen molar-refractivity contribution in [3.63, 3.8) is 0 Å². The molecule has 2 aliphatic heterocycles. The smallest absolute Gasteiger partial charge is 0.408 e. The maximum atomic E-state index is 13.6. The van der Waals surface area contributed by atoms with Crippen LogP contribution in [0.25, 0.3) is 0 Å². The molecule has 2 aliphatic rings. The van der Waals surface area contributed by atoms with E-state index in [2.05, 4.69) is 16.0 Å². The van der Waals surface area contributed by atoms with Crippen LogP contribution in [0.4, 0.5) is 4.79 Å². The van der Waals surface area contributed by atoms with E-state index in [9.17, 15) is 24.0 Å². The van der Waals surface area contributed by atoms with Crippen molar-refractivity contribution in [1.82, 2.24) is 20.9 Å². The fourth-order valence-electron chi connectivity index (χ4n) is 4.84. The molecule has 1 fully saturated rings. The highest BCUT2D eigenvalue weighted by molar-refractivity contribution is 8.00. The largest absolute Gasteiger partial charge is 0.458 e. The lowest BCUT2D eigenvalue weighted by Gasteiger charge is -2.50. The van der Waals surface area contributed by atoms with Crippen molar-refractivity contribution in [3.05, 3.63) is 47.2 Å². The molecule has 0 radical (unpaired) electrons. The Balaban J connectivity index is 1.75. The first-order chi connectivity index (χ1) is 20.4. The molecule has 11 nitrogen and oxygen atoms in total. The minimum absolute atomic E-state index is 0.0981. The average Bonchev–Trinajstić information content (AvgIpc) is 2.88. The van der Waals surface area contributed by atoms with E-state index in [0.717, 1.165) is 5.56 Å². The number of carbonyl (C=O) groups excluding carboxylic acids is 5. The van der Waals surface area contributed by atoms with Gasteiger partial charge in [0.25, 0.3) is 11.8 Å². The zero-order valence-electron chi connectivity index (χ0n) is 27.1. The van der Waals surface area contributed by atoms with E-state index in [0.29, 0.717) is 17.7 Å². The molecule has 1 unspecified atom stereocenters. The summed E-state index contributed by atoms with van der Waals surface area (Å²) in [5, 5.41) is 7.69. The van der Waals surface area contributed by atoms with Gasteiger partial charge in [-0.05, 0) is 71.9 Å². The molecular weight excluding hydrogens is 584 g/mol. The van der Waals surface area contributed by atoms with Gasteiger partial charge >= 0.3 is 12.1 Å². The average molecular weight is 631 g/mol. The van der Waals surface area contributed by atoms with E-state index >= 15 is 0 Å². The van der Waals surface area contributed by atoms with Crippen LogP contribution < -0.4 is 16.0 Å². The first-order valence-corrected chi connectivity index (χ1v) is 15.9. The third-order valence-corrected chi connectivity index (χ3v) is 8.09. The van der Waals surface area contributed by atoms with Gasteiger partial charge in [0.1, 0.15) is 40.4 Å². The van der Waals surface area contributed by atoms with Gasteiger partial charge in [0.15, 0.2) is 0 Å². The number of thioether (sulfide) groups is 1. The molecule has 0 aromatic heterocycles. The molecule has 242 valence electrons. The molecule has 4 atom stereocenters. The summed E-state index contributed by atoms with van der Waals surface area (Å²) in [5.41, 5.74) is 0.182. The minimum atomic E-state index is -1.01. The van der Waals surface area contributed by atoms with Gasteiger partial charge in [0, 0.05) is 12.2 Å². The van der Waals surface area contributed by atoms with Crippen molar-refractivity contribution in [1.29, 1.82) is 0 Å². The minimum Gasteiger partial charge on any atom is -0.458 e. The number of hydrogen-bond donors (Lipinski definition) is 3. The second kappa shape index (κ2) is 14.0. The number of rotatable bonds is 10. The van der Waals surface area contributed by atoms with Gasteiger partial charge in [0.2, 0.25) is 5.91 Å². The highest BCUT2D eigenvalue weighted by atomic mass is 32.2. The van der Waals surface area contributed by atoms with Gasteiger partial charge in [-0.2, -0.15) is 0 Å². The van der Waals surface area contributed by atoms with Gasteiger partial charge in [-0.25, -0.2) is 9.59 Å². The van der Waals surface area contributed by atoms with Crippen molar-refractivity contribution in [2.45, 2.75) is 110 Å². The second-order valence-corrected chi connectivity index (χ2v) is 14.7.